The van der Waals surface area contributed by atoms with Crippen molar-refractivity contribution in [2.45, 2.75) is 18.6 Å². The van der Waals surface area contributed by atoms with E-state index >= 15 is 0 Å². The van der Waals surface area contributed by atoms with Gasteiger partial charge in [0.2, 0.25) is 5.91 Å². The van der Waals surface area contributed by atoms with E-state index in [9.17, 15) is 15.0 Å². The predicted molar refractivity (Wildman–Crippen MR) is 74.1 cm³/mol. The molecule has 7 heteroatoms. The maximum Gasteiger partial charge on any atom is 0.241 e. The van der Waals surface area contributed by atoms with Crippen molar-refractivity contribution in [1.82, 2.24) is 5.32 Å². The van der Waals surface area contributed by atoms with E-state index in [0.29, 0.717) is 18.7 Å². The quantitative estimate of drug-likeness (QED) is 0.612. The maximum atomic E-state index is 11.8. The summed E-state index contributed by atoms with van der Waals surface area (Å²) in [7, 11) is 0. The van der Waals surface area contributed by atoms with Crippen molar-refractivity contribution in [3.63, 3.8) is 0 Å². The third-order valence-electron chi connectivity index (χ3n) is 2.64. The Hall–Kier alpha value is -0.820. The summed E-state index contributed by atoms with van der Waals surface area (Å²) < 4.78 is 0.769. The summed E-state index contributed by atoms with van der Waals surface area (Å²) in [5.74, 6) is -0.241. The first-order valence-electron chi connectivity index (χ1n) is 5.27. The lowest BCUT2D eigenvalue weighted by atomic mass is 10.2. The minimum atomic E-state index is -0.484. The molecular formula is C11H14BrClN2O3. The zero-order valence-corrected chi connectivity index (χ0v) is 11.8. The number of aromatic hydroxyl groups is 1. The number of phenolic OH excluding ortho intramolecular Hbond substituents is 1. The van der Waals surface area contributed by atoms with E-state index in [-0.39, 0.29) is 24.1 Å². The van der Waals surface area contributed by atoms with Gasteiger partial charge in [0, 0.05) is 11.0 Å². The van der Waals surface area contributed by atoms with Gasteiger partial charge in [0.25, 0.3) is 0 Å². The summed E-state index contributed by atoms with van der Waals surface area (Å²) in [6.07, 6.45) is -0.0949. The van der Waals surface area contributed by atoms with Crippen molar-refractivity contribution in [2.24, 2.45) is 0 Å². The van der Waals surface area contributed by atoms with Gasteiger partial charge in [-0.1, -0.05) is 15.9 Å². The fraction of sp³-hybridized carbons (Fsp3) is 0.364. The van der Waals surface area contributed by atoms with E-state index < -0.39 is 12.1 Å². The first-order chi connectivity index (χ1) is 8.06. The summed E-state index contributed by atoms with van der Waals surface area (Å²) in [5, 5.41) is 24.4. The highest BCUT2D eigenvalue weighted by Gasteiger charge is 2.28. The number of nitrogens with one attached hydrogen (secondary N) is 2. The van der Waals surface area contributed by atoms with Crippen molar-refractivity contribution in [1.29, 1.82) is 0 Å². The van der Waals surface area contributed by atoms with Crippen molar-refractivity contribution in [3.05, 3.63) is 22.7 Å². The fourth-order valence-electron chi connectivity index (χ4n) is 1.75. The molecule has 0 bridgehead atoms. The molecular weight excluding hydrogens is 323 g/mol. The molecule has 2 unspecified atom stereocenters. The minimum Gasteiger partial charge on any atom is -0.506 e. The minimum absolute atomic E-state index is 0. The number of benzene rings is 1. The Morgan fingerprint density at radius 1 is 1.50 bits per heavy atom. The highest BCUT2D eigenvalue weighted by Crippen LogP contribution is 2.27. The molecule has 1 aromatic carbocycles. The van der Waals surface area contributed by atoms with Crippen LogP contribution in [0.2, 0.25) is 0 Å². The highest BCUT2D eigenvalue weighted by atomic mass is 79.9. The molecule has 0 aromatic heterocycles. The highest BCUT2D eigenvalue weighted by molar-refractivity contribution is 9.10. The van der Waals surface area contributed by atoms with E-state index in [0.717, 1.165) is 4.47 Å². The van der Waals surface area contributed by atoms with Crippen LogP contribution < -0.4 is 10.6 Å². The van der Waals surface area contributed by atoms with Gasteiger partial charge in [0.15, 0.2) is 0 Å². The van der Waals surface area contributed by atoms with Crippen LogP contribution in [0.4, 0.5) is 5.69 Å². The number of carbonyl (C=O) groups is 1. The van der Waals surface area contributed by atoms with Crippen molar-refractivity contribution < 1.29 is 15.0 Å². The molecule has 100 valence electrons. The normalized spacial score (nSPS) is 22.3. The molecule has 18 heavy (non-hydrogen) atoms. The maximum absolute atomic E-state index is 11.8. The standard InChI is InChI=1S/C11H13BrN2O3.ClH/c12-6-1-2-10(16)8(3-6)14-11(17)9-4-7(15)5-13-9;/h1-3,7,9,13,15-16H,4-5H2,(H,14,17);1H. The average molecular weight is 338 g/mol. The summed E-state index contributed by atoms with van der Waals surface area (Å²) >= 11 is 3.26. The Bertz CT molecular complexity index is 444. The zero-order valence-electron chi connectivity index (χ0n) is 9.39. The van der Waals surface area contributed by atoms with Gasteiger partial charge in [-0.15, -0.1) is 12.4 Å². The third kappa shape index (κ3) is 3.58. The van der Waals surface area contributed by atoms with Crippen LogP contribution in [0.25, 0.3) is 0 Å². The molecule has 2 atom stereocenters. The van der Waals surface area contributed by atoms with Crippen LogP contribution in [0, 0.1) is 0 Å². The molecule has 1 amide bonds. The van der Waals surface area contributed by atoms with Crippen molar-refractivity contribution >= 4 is 39.9 Å². The number of amides is 1. The number of aliphatic hydroxyl groups is 1. The number of halogens is 2. The predicted octanol–water partition coefficient (Wildman–Crippen LogP) is 1.24. The van der Waals surface area contributed by atoms with Gasteiger partial charge in [-0.2, -0.15) is 0 Å². The van der Waals surface area contributed by atoms with E-state index in [2.05, 4.69) is 26.6 Å². The molecule has 0 radical (unpaired) electrons. The molecule has 1 heterocycles. The first-order valence-corrected chi connectivity index (χ1v) is 6.06. The van der Waals surface area contributed by atoms with E-state index in [1.54, 1.807) is 12.1 Å². The van der Waals surface area contributed by atoms with Crippen LogP contribution in [-0.4, -0.2) is 34.8 Å². The first kappa shape index (κ1) is 15.2. The number of β-amino-alcohol motifs (C(OH)–C–C–N with tert-alkyl or cyclic N) is 1. The Balaban J connectivity index is 0.00000162. The number of phenols is 1. The average Bonchev–Trinajstić information content (AvgIpc) is 2.70. The molecule has 1 aromatic rings. The van der Waals surface area contributed by atoms with Crippen LogP contribution in [0.3, 0.4) is 0 Å². The van der Waals surface area contributed by atoms with E-state index in [1.807, 2.05) is 0 Å². The summed E-state index contributed by atoms with van der Waals surface area (Å²) in [6.45, 7) is 0.419. The van der Waals surface area contributed by atoms with Gasteiger partial charge in [-0.25, -0.2) is 0 Å². The molecule has 1 saturated heterocycles. The molecule has 0 saturated carbocycles. The summed E-state index contributed by atoms with van der Waals surface area (Å²) in [4.78, 5) is 11.8. The third-order valence-corrected chi connectivity index (χ3v) is 3.13. The number of aliphatic hydroxyl groups excluding tert-OH is 1. The monoisotopic (exact) mass is 336 g/mol. The van der Waals surface area contributed by atoms with Crippen LogP contribution >= 0.6 is 28.3 Å². The molecule has 1 fully saturated rings. The topological polar surface area (TPSA) is 81.6 Å². The summed E-state index contributed by atoms with van der Waals surface area (Å²) in [6, 6.07) is 4.39. The lowest BCUT2D eigenvalue weighted by Gasteiger charge is -2.12. The largest absolute Gasteiger partial charge is 0.506 e. The number of carbonyl (C=O) groups excluding carboxylic acids is 1. The van der Waals surface area contributed by atoms with Gasteiger partial charge in [0.1, 0.15) is 5.75 Å². The second-order valence-electron chi connectivity index (χ2n) is 4.00. The van der Waals surface area contributed by atoms with Gasteiger partial charge in [-0.05, 0) is 24.6 Å². The molecule has 5 nitrogen and oxygen atoms in total. The molecule has 4 N–H and O–H groups in total. The number of rotatable bonds is 2. The summed E-state index contributed by atoms with van der Waals surface area (Å²) in [5.41, 5.74) is 0.354. The Labute approximate surface area is 119 Å². The van der Waals surface area contributed by atoms with Crippen LogP contribution in [0.15, 0.2) is 22.7 Å². The van der Waals surface area contributed by atoms with Crippen LogP contribution in [-0.2, 0) is 4.79 Å². The van der Waals surface area contributed by atoms with Crippen LogP contribution in [0.1, 0.15) is 6.42 Å². The van der Waals surface area contributed by atoms with Gasteiger partial charge in [0.05, 0.1) is 17.8 Å². The van der Waals surface area contributed by atoms with E-state index in [4.69, 9.17) is 0 Å². The van der Waals surface area contributed by atoms with E-state index in [1.165, 1.54) is 6.07 Å². The number of anilines is 1. The van der Waals surface area contributed by atoms with Gasteiger partial charge in [-0.3, -0.25) is 4.79 Å². The van der Waals surface area contributed by atoms with Gasteiger partial charge >= 0.3 is 0 Å². The molecule has 1 aliphatic rings. The number of hydrogen-bond acceptors (Lipinski definition) is 4. The smallest absolute Gasteiger partial charge is 0.241 e. The number of hydrogen-bond donors (Lipinski definition) is 4. The molecule has 0 spiro atoms. The van der Waals surface area contributed by atoms with Crippen LogP contribution in [0.5, 0.6) is 5.75 Å². The zero-order chi connectivity index (χ0) is 12.4. The van der Waals surface area contributed by atoms with Crippen molar-refractivity contribution in [3.8, 4) is 5.75 Å². The molecule has 0 aliphatic carbocycles. The SMILES string of the molecule is Cl.O=C(Nc1cc(Br)ccc1O)C1CC(O)CN1. The van der Waals surface area contributed by atoms with Crippen molar-refractivity contribution in [2.75, 3.05) is 11.9 Å². The lowest BCUT2D eigenvalue weighted by Crippen LogP contribution is -2.35. The molecule has 1 aliphatic heterocycles. The Morgan fingerprint density at radius 2 is 2.22 bits per heavy atom. The molecule has 2 rings (SSSR count). The Morgan fingerprint density at radius 3 is 2.83 bits per heavy atom. The Kier molecular flexibility index (Phi) is 5.40. The lowest BCUT2D eigenvalue weighted by molar-refractivity contribution is -0.117. The second kappa shape index (κ2) is 6.38. The fourth-order valence-corrected chi connectivity index (χ4v) is 2.11. The van der Waals surface area contributed by atoms with Gasteiger partial charge < -0.3 is 20.8 Å². The second-order valence-corrected chi connectivity index (χ2v) is 4.92.